The minimum Gasteiger partial charge on any atom is -0.310 e. The lowest BCUT2D eigenvalue weighted by atomic mass is 9.67. The maximum Gasteiger partial charge on any atom is 0.0713 e. The van der Waals surface area contributed by atoms with Gasteiger partial charge in [0.15, 0.2) is 0 Å². The van der Waals surface area contributed by atoms with Crippen LogP contribution in [0.3, 0.4) is 0 Å². The minimum atomic E-state index is -0.431. The summed E-state index contributed by atoms with van der Waals surface area (Å²) in [6, 6.07) is 92.7. The Hall–Kier alpha value is -8.52. The summed E-state index contributed by atoms with van der Waals surface area (Å²) >= 11 is 0. The standard InChI is InChI=1S/C67H47N/c1-44-16-14-20-52(38-44)68(53-21-15-17-45(2)39-53)54-37-34-47-40-49(31-30-48(47)41-54)62-43-64-57-24-8-6-22-55(57)61(42-63(64)58-25-9-7-23-56(58)62)46-32-35-51(36-33-46)67(50-18-4-3-5-19-50)65-28-12-10-26-59(65)60-27-11-13-29-66(60)67/h3-43H,1-2H3. The van der Waals surface area contributed by atoms with Gasteiger partial charge in [0.1, 0.15) is 0 Å². The zero-order valence-electron chi connectivity index (χ0n) is 38.1. The molecule has 12 aromatic carbocycles. The average Bonchev–Trinajstić information content (AvgIpc) is 3.69. The first kappa shape index (κ1) is 39.8. The number of rotatable bonds is 7. The van der Waals surface area contributed by atoms with Gasteiger partial charge < -0.3 is 4.90 Å². The van der Waals surface area contributed by atoms with Crippen LogP contribution in [0.15, 0.2) is 249 Å². The Morgan fingerprint density at radius 3 is 1.32 bits per heavy atom. The van der Waals surface area contributed by atoms with Crippen molar-refractivity contribution in [2.45, 2.75) is 19.3 Å². The molecule has 1 nitrogen and oxygen atoms in total. The van der Waals surface area contributed by atoms with Crippen LogP contribution in [0.1, 0.15) is 33.4 Å². The highest BCUT2D eigenvalue weighted by atomic mass is 15.1. The summed E-state index contributed by atoms with van der Waals surface area (Å²) in [5.41, 5.74) is 18.2. The van der Waals surface area contributed by atoms with Crippen LogP contribution in [0.4, 0.5) is 17.1 Å². The average molecular weight is 866 g/mol. The van der Waals surface area contributed by atoms with Crippen LogP contribution >= 0.6 is 0 Å². The van der Waals surface area contributed by atoms with Gasteiger partial charge in [0.05, 0.1) is 5.41 Å². The molecule has 0 heterocycles. The van der Waals surface area contributed by atoms with E-state index in [0.717, 1.165) is 17.1 Å². The molecule has 0 saturated carbocycles. The molecule has 0 unspecified atom stereocenters. The molecule has 0 bridgehead atoms. The first-order valence-electron chi connectivity index (χ1n) is 23.7. The Morgan fingerprint density at radius 2 is 0.735 bits per heavy atom. The summed E-state index contributed by atoms with van der Waals surface area (Å²) in [7, 11) is 0. The number of benzene rings is 12. The SMILES string of the molecule is Cc1cccc(N(c2cccc(C)c2)c2ccc3cc(-c4cc5c6ccccc6c(-c6ccc(C7(c8ccccc8)c8ccccc8-c8ccccc87)cc6)cc5c5ccccc45)ccc3c2)c1. The maximum absolute atomic E-state index is 2.45. The summed E-state index contributed by atoms with van der Waals surface area (Å²) in [6.45, 7) is 4.32. The van der Waals surface area contributed by atoms with E-state index < -0.39 is 5.41 Å². The highest BCUT2D eigenvalue weighted by Crippen LogP contribution is 2.56. The molecule has 0 aliphatic heterocycles. The van der Waals surface area contributed by atoms with Gasteiger partial charge in [-0.15, -0.1) is 0 Å². The van der Waals surface area contributed by atoms with Crippen LogP contribution in [-0.4, -0.2) is 0 Å². The molecule has 12 aromatic rings. The van der Waals surface area contributed by atoms with Gasteiger partial charge in [-0.3, -0.25) is 0 Å². The van der Waals surface area contributed by atoms with Gasteiger partial charge in [-0.1, -0.05) is 194 Å². The molecule has 320 valence electrons. The van der Waals surface area contributed by atoms with E-state index in [1.165, 1.54) is 110 Å². The third kappa shape index (κ3) is 6.24. The number of nitrogens with zero attached hydrogens (tertiary/aromatic N) is 1. The minimum absolute atomic E-state index is 0.431. The van der Waals surface area contributed by atoms with Gasteiger partial charge in [0.25, 0.3) is 0 Å². The van der Waals surface area contributed by atoms with E-state index in [1.807, 2.05) is 0 Å². The largest absolute Gasteiger partial charge is 0.310 e. The first-order valence-corrected chi connectivity index (χ1v) is 23.7. The zero-order chi connectivity index (χ0) is 45.3. The molecule has 0 atom stereocenters. The monoisotopic (exact) mass is 865 g/mol. The van der Waals surface area contributed by atoms with E-state index in [1.54, 1.807) is 0 Å². The van der Waals surface area contributed by atoms with Crippen LogP contribution < -0.4 is 4.90 Å². The smallest absolute Gasteiger partial charge is 0.0713 e. The predicted molar refractivity (Wildman–Crippen MR) is 289 cm³/mol. The van der Waals surface area contributed by atoms with Crippen LogP contribution in [0.5, 0.6) is 0 Å². The van der Waals surface area contributed by atoms with Crippen molar-refractivity contribution in [3.05, 3.63) is 282 Å². The predicted octanol–water partition coefficient (Wildman–Crippen LogP) is 18.1. The lowest BCUT2D eigenvalue weighted by Crippen LogP contribution is -2.28. The molecule has 1 aliphatic rings. The molecule has 0 spiro atoms. The Kier molecular flexibility index (Phi) is 9.27. The number of fused-ring (bicyclic) bond motifs is 9. The maximum atomic E-state index is 2.45. The van der Waals surface area contributed by atoms with Gasteiger partial charge in [-0.05, 0) is 178 Å². The van der Waals surface area contributed by atoms with Crippen molar-refractivity contribution in [1.29, 1.82) is 0 Å². The van der Waals surface area contributed by atoms with E-state index in [2.05, 4.69) is 267 Å². The van der Waals surface area contributed by atoms with Gasteiger partial charge in [-0.25, -0.2) is 0 Å². The fourth-order valence-corrected chi connectivity index (χ4v) is 11.6. The second-order valence-corrected chi connectivity index (χ2v) is 18.6. The van der Waals surface area contributed by atoms with Crippen molar-refractivity contribution in [3.8, 4) is 33.4 Å². The van der Waals surface area contributed by atoms with Crippen LogP contribution in [-0.2, 0) is 5.41 Å². The molecule has 0 aromatic heterocycles. The topological polar surface area (TPSA) is 3.24 Å². The number of aryl methyl sites for hydroxylation is 2. The highest BCUT2D eigenvalue weighted by Gasteiger charge is 2.45. The molecular weight excluding hydrogens is 819 g/mol. The van der Waals surface area contributed by atoms with E-state index in [4.69, 9.17) is 0 Å². The van der Waals surface area contributed by atoms with Crippen molar-refractivity contribution < 1.29 is 0 Å². The number of hydrogen-bond acceptors (Lipinski definition) is 1. The van der Waals surface area contributed by atoms with Crippen molar-refractivity contribution in [1.82, 2.24) is 0 Å². The molecule has 0 fully saturated rings. The first-order chi connectivity index (χ1) is 33.5. The summed E-state index contributed by atoms with van der Waals surface area (Å²) in [5.74, 6) is 0. The Morgan fingerprint density at radius 1 is 0.279 bits per heavy atom. The summed E-state index contributed by atoms with van der Waals surface area (Å²) in [4.78, 5) is 2.37. The Bertz CT molecular complexity index is 3840. The van der Waals surface area contributed by atoms with Crippen molar-refractivity contribution in [3.63, 3.8) is 0 Å². The molecule has 68 heavy (non-hydrogen) atoms. The lowest BCUT2D eigenvalue weighted by Gasteiger charge is -2.34. The molecule has 13 rings (SSSR count). The quantitative estimate of drug-likeness (QED) is 0.144. The third-order valence-electron chi connectivity index (χ3n) is 14.6. The van der Waals surface area contributed by atoms with E-state index in [9.17, 15) is 0 Å². The van der Waals surface area contributed by atoms with E-state index in [-0.39, 0.29) is 0 Å². The van der Waals surface area contributed by atoms with Crippen LogP contribution in [0.2, 0.25) is 0 Å². The molecule has 1 aliphatic carbocycles. The van der Waals surface area contributed by atoms with Crippen LogP contribution in [0, 0.1) is 13.8 Å². The van der Waals surface area contributed by atoms with Crippen LogP contribution in [0.25, 0.3) is 76.5 Å². The normalized spacial score (nSPS) is 12.7. The third-order valence-corrected chi connectivity index (χ3v) is 14.6. The Balaban J connectivity index is 0.936. The molecule has 1 heteroatoms. The van der Waals surface area contributed by atoms with E-state index in [0.29, 0.717) is 0 Å². The van der Waals surface area contributed by atoms with Gasteiger partial charge in [0, 0.05) is 17.1 Å². The Labute approximate surface area is 397 Å². The fraction of sp³-hybridized carbons (Fsp3) is 0.0448. The summed E-state index contributed by atoms with van der Waals surface area (Å²) in [5, 5.41) is 9.96. The number of anilines is 3. The van der Waals surface area contributed by atoms with Gasteiger partial charge >= 0.3 is 0 Å². The molecule has 0 N–H and O–H groups in total. The lowest BCUT2D eigenvalue weighted by molar-refractivity contribution is 0.768. The molecule has 0 radical (unpaired) electrons. The highest BCUT2D eigenvalue weighted by molar-refractivity contribution is 6.24. The van der Waals surface area contributed by atoms with Gasteiger partial charge in [-0.2, -0.15) is 0 Å². The molecule has 0 saturated heterocycles. The molecule has 0 amide bonds. The van der Waals surface area contributed by atoms with Crippen molar-refractivity contribution in [2.24, 2.45) is 0 Å². The van der Waals surface area contributed by atoms with Gasteiger partial charge in [0.2, 0.25) is 0 Å². The summed E-state index contributed by atoms with van der Waals surface area (Å²) < 4.78 is 0. The van der Waals surface area contributed by atoms with E-state index >= 15 is 0 Å². The fourth-order valence-electron chi connectivity index (χ4n) is 11.6. The second-order valence-electron chi connectivity index (χ2n) is 18.6. The molecular formula is C67H47N. The zero-order valence-corrected chi connectivity index (χ0v) is 38.1. The van der Waals surface area contributed by atoms with Crippen molar-refractivity contribution >= 4 is 60.2 Å². The number of hydrogen-bond donors (Lipinski definition) is 0. The summed E-state index contributed by atoms with van der Waals surface area (Å²) in [6.07, 6.45) is 0. The second kappa shape index (κ2) is 15.8. The van der Waals surface area contributed by atoms with Crippen molar-refractivity contribution in [2.75, 3.05) is 4.90 Å².